The largest absolute Gasteiger partial charge is 0.485 e. The van der Waals surface area contributed by atoms with Crippen molar-refractivity contribution in [3.05, 3.63) is 58.7 Å². The van der Waals surface area contributed by atoms with E-state index in [0.717, 1.165) is 16.6 Å². The quantitative estimate of drug-likeness (QED) is 0.804. The van der Waals surface area contributed by atoms with Crippen LogP contribution in [0, 0.1) is 0 Å². The number of aliphatic hydroxyl groups excluding tert-OH is 1. The van der Waals surface area contributed by atoms with Crippen molar-refractivity contribution < 1.29 is 9.84 Å². The number of hydrogen-bond donors (Lipinski definition) is 1. The Morgan fingerprint density at radius 3 is 2.81 bits per heavy atom. The van der Waals surface area contributed by atoms with Gasteiger partial charge in [0, 0.05) is 18.0 Å². The van der Waals surface area contributed by atoms with E-state index >= 15 is 0 Å². The number of benzene rings is 2. The summed E-state index contributed by atoms with van der Waals surface area (Å²) in [6.45, 7) is 0.191. The van der Waals surface area contributed by atoms with Gasteiger partial charge in [-0.05, 0) is 12.1 Å². The Labute approximate surface area is 127 Å². The van der Waals surface area contributed by atoms with Gasteiger partial charge in [0.15, 0.2) is 0 Å². The summed E-state index contributed by atoms with van der Waals surface area (Å²) in [5, 5.41) is 15.4. The minimum atomic E-state index is -0.112. The summed E-state index contributed by atoms with van der Waals surface area (Å²) < 4.78 is 7.63. The maximum absolute atomic E-state index is 9.36. The van der Waals surface area contributed by atoms with Crippen LogP contribution in [0.1, 0.15) is 11.3 Å². The molecular formula is C16H15ClN2O2. The molecular weight excluding hydrogens is 288 g/mol. The molecule has 0 saturated carbocycles. The van der Waals surface area contributed by atoms with Gasteiger partial charge in [-0.25, -0.2) is 0 Å². The number of rotatable bonds is 4. The number of ether oxygens (including phenoxy) is 1. The molecule has 0 radical (unpaired) electrons. The number of para-hydroxylation sites is 2. The highest BCUT2D eigenvalue weighted by molar-refractivity contribution is 6.32. The lowest BCUT2D eigenvalue weighted by Gasteiger charge is -2.10. The van der Waals surface area contributed by atoms with Crippen LogP contribution in [0.25, 0.3) is 10.9 Å². The summed E-state index contributed by atoms with van der Waals surface area (Å²) in [5.74, 6) is 0.511. The highest BCUT2D eigenvalue weighted by Crippen LogP contribution is 2.30. The van der Waals surface area contributed by atoms with Gasteiger partial charge in [0.05, 0.1) is 17.1 Å². The third kappa shape index (κ3) is 2.60. The van der Waals surface area contributed by atoms with Crippen LogP contribution >= 0.6 is 11.6 Å². The monoisotopic (exact) mass is 302 g/mol. The van der Waals surface area contributed by atoms with Gasteiger partial charge in [-0.2, -0.15) is 5.10 Å². The first kappa shape index (κ1) is 13.9. The summed E-state index contributed by atoms with van der Waals surface area (Å²) >= 11 is 6.14. The van der Waals surface area contributed by atoms with Crippen LogP contribution < -0.4 is 4.74 Å². The summed E-state index contributed by atoms with van der Waals surface area (Å²) in [7, 11) is 1.90. The average Bonchev–Trinajstić information content (AvgIpc) is 2.83. The van der Waals surface area contributed by atoms with Crippen molar-refractivity contribution in [3.8, 4) is 5.75 Å². The predicted molar refractivity (Wildman–Crippen MR) is 82.4 cm³/mol. The van der Waals surface area contributed by atoms with E-state index in [1.54, 1.807) is 18.2 Å². The lowest BCUT2D eigenvalue weighted by molar-refractivity contribution is 0.257. The second-order valence-corrected chi connectivity index (χ2v) is 5.17. The van der Waals surface area contributed by atoms with Gasteiger partial charge in [-0.1, -0.05) is 41.9 Å². The van der Waals surface area contributed by atoms with Crippen molar-refractivity contribution >= 4 is 22.5 Å². The number of aromatic nitrogens is 2. The Bertz CT molecular complexity index is 783. The molecule has 5 heteroatoms. The Kier molecular flexibility index (Phi) is 3.82. The molecule has 0 fully saturated rings. The zero-order valence-electron chi connectivity index (χ0n) is 11.6. The first-order valence-corrected chi connectivity index (χ1v) is 7.00. The van der Waals surface area contributed by atoms with Gasteiger partial charge in [0.2, 0.25) is 0 Å². The standard InChI is InChI=1S/C16H15ClN2O2/c1-19-15-8-3-2-6-12(15)14(18-19)10-21-16-11(9-20)5-4-7-13(16)17/h2-8,20H,9-10H2,1H3. The predicted octanol–water partition coefficient (Wildman–Crippen LogP) is 3.30. The van der Waals surface area contributed by atoms with Crippen LogP contribution in [-0.4, -0.2) is 14.9 Å². The van der Waals surface area contributed by atoms with Crippen LogP contribution in [0.15, 0.2) is 42.5 Å². The third-order valence-corrected chi connectivity index (χ3v) is 3.70. The van der Waals surface area contributed by atoms with Crippen molar-refractivity contribution in [2.75, 3.05) is 0 Å². The smallest absolute Gasteiger partial charge is 0.143 e. The van der Waals surface area contributed by atoms with E-state index in [4.69, 9.17) is 16.3 Å². The van der Waals surface area contributed by atoms with Crippen molar-refractivity contribution in [1.82, 2.24) is 9.78 Å². The average molecular weight is 303 g/mol. The highest BCUT2D eigenvalue weighted by Gasteiger charge is 2.12. The third-order valence-electron chi connectivity index (χ3n) is 3.41. The lowest BCUT2D eigenvalue weighted by atomic mass is 10.2. The molecule has 0 bridgehead atoms. The van der Waals surface area contributed by atoms with E-state index in [1.165, 1.54) is 0 Å². The Morgan fingerprint density at radius 1 is 1.19 bits per heavy atom. The summed E-state index contributed by atoms with van der Waals surface area (Å²) in [6, 6.07) is 13.3. The molecule has 0 aliphatic heterocycles. The number of hydrogen-bond acceptors (Lipinski definition) is 3. The normalized spacial score (nSPS) is 11.0. The topological polar surface area (TPSA) is 47.3 Å². The highest BCUT2D eigenvalue weighted by atomic mass is 35.5. The van der Waals surface area contributed by atoms with Gasteiger partial charge >= 0.3 is 0 Å². The summed E-state index contributed by atoms with van der Waals surface area (Å²) in [5.41, 5.74) is 2.57. The SMILES string of the molecule is Cn1nc(COc2c(Cl)cccc2CO)c2ccccc21. The zero-order valence-corrected chi connectivity index (χ0v) is 12.3. The van der Waals surface area contributed by atoms with Gasteiger partial charge in [-0.3, -0.25) is 4.68 Å². The number of aryl methyl sites for hydroxylation is 1. The number of halogens is 1. The molecule has 0 saturated heterocycles. The van der Waals surface area contributed by atoms with Gasteiger partial charge in [0.25, 0.3) is 0 Å². The van der Waals surface area contributed by atoms with E-state index in [-0.39, 0.29) is 6.61 Å². The van der Waals surface area contributed by atoms with E-state index in [9.17, 15) is 5.11 Å². The molecule has 0 aliphatic carbocycles. The molecule has 0 spiro atoms. The first-order valence-electron chi connectivity index (χ1n) is 6.62. The second-order valence-electron chi connectivity index (χ2n) is 4.76. The molecule has 3 rings (SSSR count). The summed E-state index contributed by atoms with van der Waals surface area (Å²) in [4.78, 5) is 0. The van der Waals surface area contributed by atoms with E-state index in [1.807, 2.05) is 36.0 Å². The number of fused-ring (bicyclic) bond motifs is 1. The van der Waals surface area contributed by atoms with Gasteiger partial charge in [0.1, 0.15) is 18.1 Å². The lowest BCUT2D eigenvalue weighted by Crippen LogP contribution is -2.01. The molecule has 21 heavy (non-hydrogen) atoms. The van der Waals surface area contributed by atoms with Crippen molar-refractivity contribution in [1.29, 1.82) is 0 Å². The fourth-order valence-corrected chi connectivity index (χ4v) is 2.62. The molecule has 108 valence electrons. The second kappa shape index (κ2) is 5.76. The molecule has 2 aromatic carbocycles. The van der Waals surface area contributed by atoms with Crippen molar-refractivity contribution in [3.63, 3.8) is 0 Å². The molecule has 3 aromatic rings. The minimum absolute atomic E-state index is 0.112. The molecule has 0 atom stereocenters. The molecule has 1 N–H and O–H groups in total. The van der Waals surface area contributed by atoms with Crippen molar-refractivity contribution in [2.24, 2.45) is 7.05 Å². The molecule has 4 nitrogen and oxygen atoms in total. The van der Waals surface area contributed by atoms with Crippen LogP contribution in [0.3, 0.4) is 0 Å². The maximum atomic E-state index is 9.36. The van der Waals surface area contributed by atoms with Crippen LogP contribution in [0.4, 0.5) is 0 Å². The van der Waals surface area contributed by atoms with E-state index < -0.39 is 0 Å². The van der Waals surface area contributed by atoms with Crippen LogP contribution in [-0.2, 0) is 20.3 Å². The van der Waals surface area contributed by atoms with E-state index in [0.29, 0.717) is 22.9 Å². The Hall–Kier alpha value is -2.04. The maximum Gasteiger partial charge on any atom is 0.143 e. The first-order chi connectivity index (χ1) is 10.2. The molecule has 1 heterocycles. The molecule has 1 aromatic heterocycles. The zero-order chi connectivity index (χ0) is 14.8. The minimum Gasteiger partial charge on any atom is -0.485 e. The van der Waals surface area contributed by atoms with Crippen molar-refractivity contribution in [2.45, 2.75) is 13.2 Å². The van der Waals surface area contributed by atoms with Crippen LogP contribution in [0.2, 0.25) is 5.02 Å². The Morgan fingerprint density at radius 2 is 2.00 bits per heavy atom. The fourth-order valence-electron chi connectivity index (χ4n) is 2.38. The number of aliphatic hydroxyl groups is 1. The Balaban J connectivity index is 1.91. The van der Waals surface area contributed by atoms with Gasteiger partial charge < -0.3 is 9.84 Å². The van der Waals surface area contributed by atoms with E-state index in [2.05, 4.69) is 5.10 Å². The number of nitrogens with zero attached hydrogens (tertiary/aromatic N) is 2. The molecule has 0 amide bonds. The molecule has 0 aliphatic rings. The van der Waals surface area contributed by atoms with Gasteiger partial charge in [-0.15, -0.1) is 0 Å². The molecule has 0 unspecified atom stereocenters. The fraction of sp³-hybridized carbons (Fsp3) is 0.188. The van der Waals surface area contributed by atoms with Crippen LogP contribution in [0.5, 0.6) is 5.75 Å². The summed E-state index contributed by atoms with van der Waals surface area (Å²) in [6.07, 6.45) is 0.